The van der Waals surface area contributed by atoms with Crippen LogP contribution in [-0.2, 0) is 9.53 Å². The van der Waals surface area contributed by atoms with Crippen LogP contribution in [0.15, 0.2) is 11.1 Å². The van der Waals surface area contributed by atoms with Crippen LogP contribution in [0.25, 0.3) is 0 Å². The molecule has 2 nitrogen and oxygen atoms in total. The van der Waals surface area contributed by atoms with Crippen LogP contribution in [0.1, 0.15) is 52.9 Å². The van der Waals surface area contributed by atoms with Gasteiger partial charge in [0.25, 0.3) is 0 Å². The van der Waals surface area contributed by atoms with Crippen molar-refractivity contribution in [1.82, 2.24) is 0 Å². The van der Waals surface area contributed by atoms with Crippen molar-refractivity contribution in [2.45, 2.75) is 59.0 Å². The van der Waals surface area contributed by atoms with Crippen molar-refractivity contribution in [3.8, 4) is 0 Å². The van der Waals surface area contributed by atoms with Crippen molar-refractivity contribution in [1.29, 1.82) is 0 Å². The molecule has 94 valence electrons. The number of carbonyl (C=O) groups excluding carboxylic acids is 1. The minimum atomic E-state index is -0.0695. The number of rotatable bonds is 0. The van der Waals surface area contributed by atoms with E-state index in [1.165, 1.54) is 24.8 Å². The van der Waals surface area contributed by atoms with Gasteiger partial charge in [-0.15, -0.1) is 0 Å². The molecule has 0 N–H and O–H groups in total. The highest BCUT2D eigenvalue weighted by molar-refractivity contribution is 5.91. The average Bonchev–Trinajstić information content (AvgIpc) is 2.55. The number of fused-ring (bicyclic) bond motifs is 2. The van der Waals surface area contributed by atoms with Gasteiger partial charge in [0.05, 0.1) is 0 Å². The first-order valence-corrected chi connectivity index (χ1v) is 6.93. The quantitative estimate of drug-likeness (QED) is 0.600. The molecule has 0 bridgehead atoms. The minimum absolute atomic E-state index is 0.0695. The minimum Gasteiger partial charge on any atom is -0.454 e. The third-order valence-electron chi connectivity index (χ3n) is 5.74. The lowest BCUT2D eigenvalue weighted by molar-refractivity contribution is -0.142. The van der Waals surface area contributed by atoms with Gasteiger partial charge in [0.2, 0.25) is 0 Å². The summed E-state index contributed by atoms with van der Waals surface area (Å²) >= 11 is 0. The van der Waals surface area contributed by atoms with E-state index in [4.69, 9.17) is 4.74 Å². The summed E-state index contributed by atoms with van der Waals surface area (Å²) in [6, 6.07) is 0. The Morgan fingerprint density at radius 2 is 2.12 bits per heavy atom. The standard InChI is InChI=1S/C15H22O2/c1-9-5-4-6-11-7-13-12(8-15(9,11)3)10(2)14(16)17-13/h9,11,13H,4-8H2,1-3H3/t9-,11+,13+,15+/m0/s1. The molecule has 0 radical (unpaired) electrons. The molecule has 0 amide bonds. The second kappa shape index (κ2) is 3.60. The summed E-state index contributed by atoms with van der Waals surface area (Å²) in [6.45, 7) is 6.76. The molecule has 0 unspecified atom stereocenters. The van der Waals surface area contributed by atoms with Gasteiger partial charge in [-0.1, -0.05) is 26.7 Å². The van der Waals surface area contributed by atoms with Crippen LogP contribution in [-0.4, -0.2) is 12.1 Å². The van der Waals surface area contributed by atoms with Gasteiger partial charge in [-0.25, -0.2) is 4.79 Å². The molecule has 2 aliphatic carbocycles. The lowest BCUT2D eigenvalue weighted by Crippen LogP contribution is -2.44. The summed E-state index contributed by atoms with van der Waals surface area (Å²) in [5.74, 6) is 1.46. The Labute approximate surface area is 103 Å². The second-order valence-corrected chi connectivity index (χ2v) is 6.49. The fraction of sp³-hybridized carbons (Fsp3) is 0.800. The monoisotopic (exact) mass is 234 g/mol. The molecule has 1 aliphatic heterocycles. The molecular weight excluding hydrogens is 212 g/mol. The Bertz CT molecular complexity index is 396. The number of ether oxygens (including phenoxy) is 1. The molecule has 3 rings (SSSR count). The third kappa shape index (κ3) is 1.49. The van der Waals surface area contributed by atoms with E-state index in [0.29, 0.717) is 5.41 Å². The largest absolute Gasteiger partial charge is 0.454 e. The summed E-state index contributed by atoms with van der Waals surface area (Å²) in [5.41, 5.74) is 2.61. The zero-order chi connectivity index (χ0) is 12.2. The molecule has 2 fully saturated rings. The first-order chi connectivity index (χ1) is 8.02. The molecular formula is C15H22O2. The predicted octanol–water partition coefficient (Wildman–Crippen LogP) is 3.46. The summed E-state index contributed by atoms with van der Waals surface area (Å²) in [4.78, 5) is 11.7. The van der Waals surface area contributed by atoms with Gasteiger partial charge in [-0.3, -0.25) is 0 Å². The van der Waals surface area contributed by atoms with E-state index < -0.39 is 0 Å². The van der Waals surface area contributed by atoms with Crippen molar-refractivity contribution < 1.29 is 9.53 Å². The van der Waals surface area contributed by atoms with Gasteiger partial charge in [-0.05, 0) is 49.0 Å². The van der Waals surface area contributed by atoms with E-state index in [1.807, 2.05) is 6.92 Å². The zero-order valence-corrected chi connectivity index (χ0v) is 11.1. The highest BCUT2D eigenvalue weighted by atomic mass is 16.5. The van der Waals surface area contributed by atoms with E-state index >= 15 is 0 Å². The smallest absolute Gasteiger partial charge is 0.334 e. The van der Waals surface area contributed by atoms with Crippen LogP contribution < -0.4 is 0 Å². The molecule has 0 aromatic rings. The Morgan fingerprint density at radius 1 is 1.35 bits per heavy atom. The molecule has 2 heteroatoms. The summed E-state index contributed by atoms with van der Waals surface area (Å²) in [5, 5.41) is 0. The highest BCUT2D eigenvalue weighted by Gasteiger charge is 2.50. The van der Waals surface area contributed by atoms with Crippen LogP contribution in [0.4, 0.5) is 0 Å². The van der Waals surface area contributed by atoms with Gasteiger partial charge in [-0.2, -0.15) is 0 Å². The van der Waals surface area contributed by atoms with Gasteiger partial charge in [0.1, 0.15) is 6.10 Å². The third-order valence-corrected chi connectivity index (χ3v) is 5.74. The maximum atomic E-state index is 11.7. The van der Waals surface area contributed by atoms with Gasteiger partial charge in [0, 0.05) is 5.57 Å². The van der Waals surface area contributed by atoms with Crippen molar-refractivity contribution in [2.75, 3.05) is 0 Å². The number of hydrogen-bond acceptors (Lipinski definition) is 2. The van der Waals surface area contributed by atoms with E-state index in [9.17, 15) is 4.79 Å². The topological polar surface area (TPSA) is 26.3 Å². The number of hydrogen-bond donors (Lipinski definition) is 0. The second-order valence-electron chi connectivity index (χ2n) is 6.49. The van der Waals surface area contributed by atoms with Crippen molar-refractivity contribution in [2.24, 2.45) is 17.3 Å². The van der Waals surface area contributed by atoms with Crippen molar-refractivity contribution in [3.63, 3.8) is 0 Å². The lowest BCUT2D eigenvalue weighted by atomic mass is 9.54. The number of esters is 1. The van der Waals surface area contributed by atoms with E-state index in [1.54, 1.807) is 0 Å². The van der Waals surface area contributed by atoms with Crippen LogP contribution in [0.5, 0.6) is 0 Å². The normalized spacial score (nSPS) is 45.4. The Morgan fingerprint density at radius 3 is 2.88 bits per heavy atom. The first-order valence-electron chi connectivity index (χ1n) is 6.93. The molecule has 1 heterocycles. The first kappa shape index (κ1) is 11.3. The SMILES string of the molecule is CC1=C2C[C@@]3(C)[C@H](CCC[C@@H]3C)C[C@H]2OC1=O. The van der Waals surface area contributed by atoms with E-state index in [-0.39, 0.29) is 12.1 Å². The predicted molar refractivity (Wildman–Crippen MR) is 66.4 cm³/mol. The maximum Gasteiger partial charge on any atom is 0.334 e. The van der Waals surface area contributed by atoms with Crippen LogP contribution >= 0.6 is 0 Å². The lowest BCUT2D eigenvalue weighted by Gasteiger charge is -2.51. The Balaban J connectivity index is 1.95. The molecule has 0 saturated heterocycles. The summed E-state index contributed by atoms with van der Waals surface area (Å²) < 4.78 is 5.49. The van der Waals surface area contributed by atoms with Crippen LogP contribution in [0.3, 0.4) is 0 Å². The van der Waals surface area contributed by atoms with Crippen LogP contribution in [0, 0.1) is 17.3 Å². The molecule has 0 spiro atoms. The van der Waals surface area contributed by atoms with Crippen molar-refractivity contribution >= 4 is 5.97 Å². The average molecular weight is 234 g/mol. The number of carbonyl (C=O) groups is 1. The fourth-order valence-electron chi connectivity index (χ4n) is 4.20. The van der Waals surface area contributed by atoms with Gasteiger partial charge < -0.3 is 4.74 Å². The Hall–Kier alpha value is -0.790. The molecule has 0 aromatic heterocycles. The maximum absolute atomic E-state index is 11.7. The van der Waals surface area contributed by atoms with E-state index in [2.05, 4.69) is 13.8 Å². The molecule has 4 atom stereocenters. The van der Waals surface area contributed by atoms with Crippen molar-refractivity contribution in [3.05, 3.63) is 11.1 Å². The van der Waals surface area contributed by atoms with Gasteiger partial charge >= 0.3 is 5.97 Å². The molecule has 3 aliphatic rings. The zero-order valence-electron chi connectivity index (χ0n) is 11.1. The highest BCUT2D eigenvalue weighted by Crippen LogP contribution is 2.56. The Kier molecular flexibility index (Phi) is 2.39. The molecule has 0 aromatic carbocycles. The summed E-state index contributed by atoms with van der Waals surface area (Å²) in [7, 11) is 0. The van der Waals surface area contributed by atoms with Gasteiger partial charge in [0.15, 0.2) is 0 Å². The molecule has 2 saturated carbocycles. The molecule has 17 heavy (non-hydrogen) atoms. The summed E-state index contributed by atoms with van der Waals surface area (Å²) in [6.07, 6.45) is 6.28. The van der Waals surface area contributed by atoms with Crippen LogP contribution in [0.2, 0.25) is 0 Å². The fourth-order valence-corrected chi connectivity index (χ4v) is 4.20. The van der Waals surface area contributed by atoms with E-state index in [0.717, 1.165) is 30.3 Å².